The van der Waals surface area contributed by atoms with E-state index in [2.05, 4.69) is 10.4 Å². The Balaban J connectivity index is 1.98. The molecule has 1 heterocycles. The number of nitrogens with one attached hydrogen (secondary N) is 1. The number of hydrogen-bond donors (Lipinski definition) is 2. The lowest BCUT2D eigenvalue weighted by atomic mass is 9.85. The van der Waals surface area contributed by atoms with Crippen molar-refractivity contribution in [3.63, 3.8) is 0 Å². The summed E-state index contributed by atoms with van der Waals surface area (Å²) in [6.07, 6.45) is 0. The summed E-state index contributed by atoms with van der Waals surface area (Å²) in [6, 6.07) is 6.75. The lowest BCUT2D eigenvalue weighted by molar-refractivity contribution is -0.142. The number of carbonyl (C=O) groups is 2. The number of aliphatic carboxylic acids is 1. The van der Waals surface area contributed by atoms with Gasteiger partial charge in [0.25, 0.3) is 5.91 Å². The first-order valence-corrected chi connectivity index (χ1v) is 7.89. The molecular weight excluding hydrogens is 322 g/mol. The fraction of sp³-hybridized carbons (Fsp3) is 0.389. The van der Waals surface area contributed by atoms with Gasteiger partial charge in [0.1, 0.15) is 5.69 Å². The van der Waals surface area contributed by atoms with E-state index in [-0.39, 0.29) is 12.5 Å². The molecular formula is C18H23N3O4. The Kier molecular flexibility index (Phi) is 5.15. The highest BCUT2D eigenvalue weighted by atomic mass is 16.5. The van der Waals surface area contributed by atoms with Crippen molar-refractivity contribution in [2.24, 2.45) is 7.05 Å². The maximum atomic E-state index is 12.0. The largest absolute Gasteiger partial charge is 0.481 e. The van der Waals surface area contributed by atoms with Crippen molar-refractivity contribution < 1.29 is 19.4 Å². The third kappa shape index (κ3) is 3.99. The molecule has 0 aliphatic rings. The van der Waals surface area contributed by atoms with Gasteiger partial charge < -0.3 is 15.2 Å². The number of amides is 1. The average Bonchev–Trinajstić information content (AvgIpc) is 2.78. The Morgan fingerprint density at radius 1 is 1.24 bits per heavy atom. The summed E-state index contributed by atoms with van der Waals surface area (Å²) in [5.41, 5.74) is 1.84. The van der Waals surface area contributed by atoms with Gasteiger partial charge in [-0.25, -0.2) is 0 Å². The van der Waals surface area contributed by atoms with E-state index in [9.17, 15) is 14.7 Å². The first-order chi connectivity index (χ1) is 11.6. The lowest BCUT2D eigenvalue weighted by Gasteiger charge is -2.19. The third-order valence-electron chi connectivity index (χ3n) is 4.22. The normalized spacial score (nSPS) is 11.2. The van der Waals surface area contributed by atoms with Gasteiger partial charge in [0, 0.05) is 12.7 Å². The second kappa shape index (κ2) is 6.96. The Hall–Kier alpha value is -2.83. The van der Waals surface area contributed by atoms with E-state index >= 15 is 0 Å². The average molecular weight is 345 g/mol. The molecule has 0 aliphatic heterocycles. The van der Waals surface area contributed by atoms with Crippen LogP contribution >= 0.6 is 0 Å². The van der Waals surface area contributed by atoms with Crippen LogP contribution in [0.1, 0.15) is 30.8 Å². The van der Waals surface area contributed by atoms with Crippen LogP contribution in [-0.4, -0.2) is 33.4 Å². The Morgan fingerprint density at radius 3 is 2.32 bits per heavy atom. The first kappa shape index (κ1) is 18.5. The molecule has 0 atom stereocenters. The zero-order valence-corrected chi connectivity index (χ0v) is 15.1. The predicted molar refractivity (Wildman–Crippen MR) is 93.9 cm³/mol. The number of benzene rings is 1. The van der Waals surface area contributed by atoms with E-state index in [0.29, 0.717) is 17.0 Å². The summed E-state index contributed by atoms with van der Waals surface area (Å²) in [5.74, 6) is -0.594. The standard InChI is InChI=1S/C18H23N3O4/c1-11-16(12(2)21(5)20-11)25-10-15(22)19-14-8-6-13(7-9-14)18(3,4)17(23)24/h6-9H,10H2,1-5H3,(H,19,22)(H,23,24). The zero-order chi connectivity index (χ0) is 18.8. The van der Waals surface area contributed by atoms with Crippen molar-refractivity contribution in [3.8, 4) is 5.75 Å². The number of rotatable bonds is 6. The molecule has 2 aromatic rings. The van der Waals surface area contributed by atoms with Crippen LogP contribution in [-0.2, 0) is 22.1 Å². The van der Waals surface area contributed by atoms with Crippen LogP contribution in [0, 0.1) is 13.8 Å². The molecule has 7 heteroatoms. The summed E-state index contributed by atoms with van der Waals surface area (Å²) in [7, 11) is 1.81. The second-order valence-electron chi connectivity index (χ2n) is 6.47. The van der Waals surface area contributed by atoms with Crippen LogP contribution in [0.25, 0.3) is 0 Å². The quantitative estimate of drug-likeness (QED) is 0.838. The van der Waals surface area contributed by atoms with Gasteiger partial charge >= 0.3 is 5.97 Å². The fourth-order valence-electron chi connectivity index (χ4n) is 2.39. The van der Waals surface area contributed by atoms with Crippen molar-refractivity contribution in [2.75, 3.05) is 11.9 Å². The van der Waals surface area contributed by atoms with Gasteiger partial charge in [-0.1, -0.05) is 12.1 Å². The number of aryl methyl sites for hydroxylation is 2. The molecule has 1 aromatic carbocycles. The maximum Gasteiger partial charge on any atom is 0.313 e. The summed E-state index contributed by atoms with van der Waals surface area (Å²) < 4.78 is 7.26. The van der Waals surface area contributed by atoms with Crippen LogP contribution in [0.5, 0.6) is 5.75 Å². The summed E-state index contributed by atoms with van der Waals surface area (Å²) in [5, 5.41) is 16.2. The highest BCUT2D eigenvalue weighted by Crippen LogP contribution is 2.25. The molecule has 25 heavy (non-hydrogen) atoms. The molecule has 0 unspecified atom stereocenters. The fourth-order valence-corrected chi connectivity index (χ4v) is 2.39. The number of hydrogen-bond acceptors (Lipinski definition) is 4. The van der Waals surface area contributed by atoms with Gasteiger partial charge in [-0.2, -0.15) is 5.10 Å². The van der Waals surface area contributed by atoms with E-state index in [1.807, 2.05) is 20.9 Å². The van der Waals surface area contributed by atoms with Crippen LogP contribution < -0.4 is 10.1 Å². The van der Waals surface area contributed by atoms with Gasteiger partial charge in [-0.3, -0.25) is 14.3 Å². The van der Waals surface area contributed by atoms with Crippen molar-refractivity contribution in [1.82, 2.24) is 9.78 Å². The monoisotopic (exact) mass is 345 g/mol. The summed E-state index contributed by atoms with van der Waals surface area (Å²) >= 11 is 0. The SMILES string of the molecule is Cc1nn(C)c(C)c1OCC(=O)Nc1ccc(C(C)(C)C(=O)O)cc1. The van der Waals surface area contributed by atoms with E-state index in [1.165, 1.54) is 0 Å². The molecule has 1 aromatic heterocycles. The second-order valence-corrected chi connectivity index (χ2v) is 6.47. The first-order valence-electron chi connectivity index (χ1n) is 7.89. The van der Waals surface area contributed by atoms with E-state index in [4.69, 9.17) is 4.74 Å². The van der Waals surface area contributed by atoms with E-state index in [0.717, 1.165) is 11.4 Å². The van der Waals surface area contributed by atoms with Crippen molar-refractivity contribution in [2.45, 2.75) is 33.1 Å². The smallest absolute Gasteiger partial charge is 0.313 e. The molecule has 0 fully saturated rings. The Labute approximate surface area is 146 Å². The molecule has 0 saturated heterocycles. The van der Waals surface area contributed by atoms with Gasteiger partial charge in [0.05, 0.1) is 11.1 Å². The van der Waals surface area contributed by atoms with Gasteiger partial charge in [-0.05, 0) is 45.4 Å². The lowest BCUT2D eigenvalue weighted by Crippen LogP contribution is -2.28. The molecule has 0 saturated carbocycles. The zero-order valence-electron chi connectivity index (χ0n) is 15.1. The molecule has 2 N–H and O–H groups in total. The van der Waals surface area contributed by atoms with E-state index in [1.54, 1.807) is 42.8 Å². The molecule has 0 spiro atoms. The molecule has 134 valence electrons. The van der Waals surface area contributed by atoms with E-state index < -0.39 is 11.4 Å². The topological polar surface area (TPSA) is 93.5 Å². The Bertz CT molecular complexity index is 791. The molecule has 1 amide bonds. The van der Waals surface area contributed by atoms with Crippen molar-refractivity contribution in [3.05, 3.63) is 41.2 Å². The maximum absolute atomic E-state index is 12.0. The number of anilines is 1. The molecule has 7 nitrogen and oxygen atoms in total. The molecule has 2 rings (SSSR count). The van der Waals surface area contributed by atoms with Gasteiger partial charge in [0.15, 0.2) is 12.4 Å². The van der Waals surface area contributed by atoms with Gasteiger partial charge in [-0.15, -0.1) is 0 Å². The van der Waals surface area contributed by atoms with Crippen molar-refractivity contribution >= 4 is 17.6 Å². The van der Waals surface area contributed by atoms with Crippen LogP contribution in [0.3, 0.4) is 0 Å². The highest BCUT2D eigenvalue weighted by molar-refractivity contribution is 5.92. The van der Waals surface area contributed by atoms with Gasteiger partial charge in [0.2, 0.25) is 0 Å². The molecule has 0 aliphatic carbocycles. The number of ether oxygens (including phenoxy) is 1. The predicted octanol–water partition coefficient (Wildman–Crippen LogP) is 2.42. The van der Waals surface area contributed by atoms with Crippen LogP contribution in [0.15, 0.2) is 24.3 Å². The summed E-state index contributed by atoms with van der Waals surface area (Å²) in [6.45, 7) is 6.83. The number of nitrogens with zero attached hydrogens (tertiary/aromatic N) is 2. The van der Waals surface area contributed by atoms with Crippen LogP contribution in [0.4, 0.5) is 5.69 Å². The highest BCUT2D eigenvalue weighted by Gasteiger charge is 2.29. The molecule has 0 bridgehead atoms. The Morgan fingerprint density at radius 2 is 1.84 bits per heavy atom. The number of aromatic nitrogens is 2. The van der Waals surface area contributed by atoms with Crippen molar-refractivity contribution in [1.29, 1.82) is 0 Å². The number of carboxylic acids is 1. The summed E-state index contributed by atoms with van der Waals surface area (Å²) in [4.78, 5) is 23.3. The minimum Gasteiger partial charge on any atom is -0.481 e. The van der Waals surface area contributed by atoms with Crippen LogP contribution in [0.2, 0.25) is 0 Å². The third-order valence-corrected chi connectivity index (χ3v) is 4.22. The molecule has 0 radical (unpaired) electrons. The minimum atomic E-state index is -0.985. The number of carboxylic acid groups (broad SMARTS) is 1. The minimum absolute atomic E-state index is 0.129. The number of carbonyl (C=O) groups excluding carboxylic acids is 1.